The van der Waals surface area contributed by atoms with Gasteiger partial charge in [0.2, 0.25) is 0 Å². The van der Waals surface area contributed by atoms with Crippen LogP contribution in [0.1, 0.15) is 46.0 Å². The summed E-state index contributed by atoms with van der Waals surface area (Å²) in [5.41, 5.74) is 0. The van der Waals surface area contributed by atoms with Gasteiger partial charge in [-0.25, -0.2) is 0 Å². The van der Waals surface area contributed by atoms with Gasteiger partial charge < -0.3 is 5.32 Å². The summed E-state index contributed by atoms with van der Waals surface area (Å²) in [5, 5.41) is 3.72. The van der Waals surface area contributed by atoms with Crippen molar-refractivity contribution < 1.29 is 0 Å². The van der Waals surface area contributed by atoms with Crippen LogP contribution in [0.25, 0.3) is 0 Å². The van der Waals surface area contributed by atoms with Crippen LogP contribution >= 0.6 is 0 Å². The number of nitrogens with one attached hydrogen (secondary N) is 1. The summed E-state index contributed by atoms with van der Waals surface area (Å²) in [6, 6.07) is 3.18. The lowest BCUT2D eigenvalue weighted by molar-refractivity contribution is 0.0218. The number of piperazine rings is 1. The molecule has 1 N–H and O–H groups in total. The molecule has 3 rings (SSSR count). The fourth-order valence-electron chi connectivity index (χ4n) is 4.51. The van der Waals surface area contributed by atoms with Crippen molar-refractivity contribution >= 4 is 0 Å². The number of fused-ring (bicyclic) bond motifs is 1. The maximum absolute atomic E-state index is 3.72. The predicted molar refractivity (Wildman–Crippen MR) is 75.9 cm³/mol. The smallest absolute Gasteiger partial charge is 0.0253 e. The third-order valence-corrected chi connectivity index (χ3v) is 5.36. The molecular formula is C15H29N3. The molecule has 0 amide bonds. The Hall–Kier alpha value is -0.120. The Morgan fingerprint density at radius 2 is 2.00 bits per heavy atom. The Bertz CT molecular complexity index is 281. The van der Waals surface area contributed by atoms with E-state index in [0.29, 0.717) is 0 Å². The molecule has 104 valence electrons. The first-order chi connectivity index (χ1) is 8.79. The second-order valence-corrected chi connectivity index (χ2v) is 6.50. The highest BCUT2D eigenvalue weighted by atomic mass is 15.3. The number of hydrogen-bond acceptors (Lipinski definition) is 3. The van der Waals surface area contributed by atoms with Gasteiger partial charge in [-0.2, -0.15) is 0 Å². The van der Waals surface area contributed by atoms with E-state index in [1.807, 2.05) is 0 Å². The minimum Gasteiger partial charge on any atom is -0.313 e. The van der Waals surface area contributed by atoms with Crippen LogP contribution < -0.4 is 5.32 Å². The molecule has 0 radical (unpaired) electrons. The average molecular weight is 251 g/mol. The van der Waals surface area contributed by atoms with E-state index in [-0.39, 0.29) is 0 Å². The zero-order valence-electron chi connectivity index (χ0n) is 12.1. The monoisotopic (exact) mass is 251 g/mol. The van der Waals surface area contributed by atoms with Crippen LogP contribution in [0, 0.1) is 0 Å². The molecule has 4 unspecified atom stereocenters. The van der Waals surface area contributed by atoms with E-state index >= 15 is 0 Å². The zero-order valence-corrected chi connectivity index (χ0v) is 12.1. The fraction of sp³-hybridized carbons (Fsp3) is 1.00. The van der Waals surface area contributed by atoms with E-state index < -0.39 is 0 Å². The van der Waals surface area contributed by atoms with Gasteiger partial charge in [-0.15, -0.1) is 0 Å². The van der Waals surface area contributed by atoms with E-state index in [9.17, 15) is 0 Å². The maximum Gasteiger partial charge on any atom is 0.0253 e. The molecule has 0 bridgehead atoms. The predicted octanol–water partition coefficient (Wildman–Crippen LogP) is 1.69. The SMILES string of the molecule is CCNC1CCCC1N1CC2CCCN2CC1C. The van der Waals surface area contributed by atoms with Crippen molar-refractivity contribution in [2.45, 2.75) is 70.1 Å². The summed E-state index contributed by atoms with van der Waals surface area (Å²) in [7, 11) is 0. The van der Waals surface area contributed by atoms with Crippen LogP contribution in [0.15, 0.2) is 0 Å². The summed E-state index contributed by atoms with van der Waals surface area (Å²) in [6.45, 7) is 9.79. The molecular weight excluding hydrogens is 222 g/mol. The Morgan fingerprint density at radius 1 is 1.11 bits per heavy atom. The van der Waals surface area contributed by atoms with Crippen molar-refractivity contribution in [2.75, 3.05) is 26.2 Å². The van der Waals surface area contributed by atoms with E-state index in [1.54, 1.807) is 0 Å². The molecule has 2 heterocycles. The largest absolute Gasteiger partial charge is 0.313 e. The summed E-state index contributed by atoms with van der Waals surface area (Å²) < 4.78 is 0. The third kappa shape index (κ3) is 2.33. The molecule has 3 nitrogen and oxygen atoms in total. The fourth-order valence-corrected chi connectivity index (χ4v) is 4.51. The molecule has 0 aromatic rings. The second-order valence-electron chi connectivity index (χ2n) is 6.50. The van der Waals surface area contributed by atoms with E-state index in [1.165, 1.54) is 51.7 Å². The van der Waals surface area contributed by atoms with Gasteiger partial charge in [0.25, 0.3) is 0 Å². The standard InChI is InChI=1S/C15H29N3/c1-3-16-14-7-4-8-15(14)18-11-13-6-5-9-17(13)10-12(18)2/h12-16H,3-11H2,1-2H3. The second kappa shape index (κ2) is 5.48. The van der Waals surface area contributed by atoms with Crippen LogP contribution in [0.2, 0.25) is 0 Å². The number of hydrogen-bond donors (Lipinski definition) is 1. The number of likely N-dealkylation sites (N-methyl/N-ethyl adjacent to an activating group) is 1. The average Bonchev–Trinajstić information content (AvgIpc) is 2.96. The van der Waals surface area contributed by atoms with Gasteiger partial charge in [0.15, 0.2) is 0 Å². The summed E-state index contributed by atoms with van der Waals surface area (Å²) in [6.07, 6.45) is 7.07. The highest BCUT2D eigenvalue weighted by Gasteiger charge is 2.40. The molecule has 0 spiro atoms. The Labute approximate surface area is 112 Å². The van der Waals surface area contributed by atoms with Crippen molar-refractivity contribution in [3.63, 3.8) is 0 Å². The summed E-state index contributed by atoms with van der Waals surface area (Å²) >= 11 is 0. The van der Waals surface area contributed by atoms with Gasteiger partial charge in [0.05, 0.1) is 0 Å². The Kier molecular flexibility index (Phi) is 3.92. The van der Waals surface area contributed by atoms with Crippen molar-refractivity contribution in [1.29, 1.82) is 0 Å². The van der Waals surface area contributed by atoms with E-state index in [2.05, 4.69) is 29.0 Å². The molecule has 2 saturated heterocycles. The minimum atomic E-state index is 0.753. The van der Waals surface area contributed by atoms with Crippen LogP contribution in [-0.2, 0) is 0 Å². The van der Waals surface area contributed by atoms with Crippen LogP contribution in [0.3, 0.4) is 0 Å². The van der Waals surface area contributed by atoms with Gasteiger partial charge in [-0.3, -0.25) is 9.80 Å². The topological polar surface area (TPSA) is 18.5 Å². The van der Waals surface area contributed by atoms with Crippen molar-refractivity contribution in [2.24, 2.45) is 0 Å². The lowest BCUT2D eigenvalue weighted by Gasteiger charge is -2.46. The van der Waals surface area contributed by atoms with Crippen LogP contribution in [-0.4, -0.2) is 60.1 Å². The number of nitrogens with zero attached hydrogens (tertiary/aromatic N) is 2. The normalized spacial score (nSPS) is 42.3. The van der Waals surface area contributed by atoms with Gasteiger partial charge in [-0.05, 0) is 45.7 Å². The quantitative estimate of drug-likeness (QED) is 0.823. The highest BCUT2D eigenvalue weighted by Crippen LogP contribution is 2.31. The summed E-state index contributed by atoms with van der Waals surface area (Å²) in [5.74, 6) is 0. The lowest BCUT2D eigenvalue weighted by Crippen LogP contribution is -2.60. The van der Waals surface area contributed by atoms with Crippen LogP contribution in [0.5, 0.6) is 0 Å². The Morgan fingerprint density at radius 3 is 2.83 bits per heavy atom. The molecule has 1 saturated carbocycles. The van der Waals surface area contributed by atoms with Crippen LogP contribution in [0.4, 0.5) is 0 Å². The molecule has 3 aliphatic rings. The molecule has 18 heavy (non-hydrogen) atoms. The van der Waals surface area contributed by atoms with E-state index in [4.69, 9.17) is 0 Å². The molecule has 0 aromatic carbocycles. The first kappa shape index (κ1) is 12.9. The molecule has 1 aliphatic carbocycles. The molecule has 3 heteroatoms. The van der Waals surface area contributed by atoms with Crippen molar-refractivity contribution in [3.05, 3.63) is 0 Å². The third-order valence-electron chi connectivity index (χ3n) is 5.36. The lowest BCUT2D eigenvalue weighted by atomic mass is 10.0. The van der Waals surface area contributed by atoms with Crippen molar-refractivity contribution in [3.8, 4) is 0 Å². The Balaban J connectivity index is 1.67. The van der Waals surface area contributed by atoms with Gasteiger partial charge in [-0.1, -0.05) is 13.3 Å². The molecule has 2 aliphatic heterocycles. The number of rotatable bonds is 3. The van der Waals surface area contributed by atoms with E-state index in [0.717, 1.165) is 30.7 Å². The van der Waals surface area contributed by atoms with Gasteiger partial charge >= 0.3 is 0 Å². The zero-order chi connectivity index (χ0) is 12.5. The van der Waals surface area contributed by atoms with Gasteiger partial charge in [0, 0.05) is 37.3 Å². The highest BCUT2D eigenvalue weighted by molar-refractivity contribution is 4.98. The molecule has 4 atom stereocenters. The minimum absolute atomic E-state index is 0.753. The molecule has 3 fully saturated rings. The maximum atomic E-state index is 3.72. The van der Waals surface area contributed by atoms with Gasteiger partial charge in [0.1, 0.15) is 0 Å². The molecule has 0 aromatic heterocycles. The van der Waals surface area contributed by atoms with Crippen molar-refractivity contribution in [1.82, 2.24) is 15.1 Å². The summed E-state index contributed by atoms with van der Waals surface area (Å²) in [4.78, 5) is 5.57. The first-order valence-corrected chi connectivity index (χ1v) is 8.02. The first-order valence-electron chi connectivity index (χ1n) is 8.02.